The van der Waals surface area contributed by atoms with Gasteiger partial charge in [0.1, 0.15) is 9.71 Å². The number of anilines is 1. The van der Waals surface area contributed by atoms with E-state index in [2.05, 4.69) is 10.3 Å². The number of aryl methyl sites for hydroxylation is 1. The van der Waals surface area contributed by atoms with E-state index in [-0.39, 0.29) is 36.2 Å². The first-order chi connectivity index (χ1) is 16.1. The van der Waals surface area contributed by atoms with Gasteiger partial charge in [-0.2, -0.15) is 4.31 Å². The molecule has 3 heterocycles. The summed E-state index contributed by atoms with van der Waals surface area (Å²) in [4.78, 5) is 30.5. The zero-order valence-corrected chi connectivity index (χ0v) is 21.6. The Bertz CT molecular complexity index is 1320. The SMILES string of the molecule is CCOC(=O)c1sc2nc(NC(=O)c3ccc(S(=O)(=O)N4C[C@@H](C)O[C@@H](C)C4)cc3)sc2c1C. The molecule has 3 aromatic rings. The van der Waals surface area contributed by atoms with Gasteiger partial charge in [0.15, 0.2) is 5.13 Å². The standard InChI is InChI=1S/C22H25N3O6S3/c1-5-30-21(27)18-14(4)17-20(32-18)24-22(33-17)23-19(26)15-6-8-16(9-7-15)34(28,29)25-10-12(2)31-13(3)11-25/h6-9,12-13H,5,10-11H2,1-4H3,(H,23,24,26)/t12-,13+. The number of fused-ring (bicyclic) bond motifs is 1. The van der Waals surface area contributed by atoms with E-state index in [0.717, 1.165) is 10.3 Å². The van der Waals surface area contributed by atoms with Crippen LogP contribution in [0.2, 0.25) is 0 Å². The number of rotatable bonds is 6. The number of thiophene rings is 1. The normalized spacial score (nSPS) is 19.3. The van der Waals surface area contributed by atoms with Crippen molar-refractivity contribution in [1.82, 2.24) is 9.29 Å². The Labute approximate surface area is 205 Å². The summed E-state index contributed by atoms with van der Waals surface area (Å²) in [6, 6.07) is 5.83. The Morgan fingerprint density at radius 1 is 1.18 bits per heavy atom. The molecule has 0 spiro atoms. The van der Waals surface area contributed by atoms with Gasteiger partial charge in [-0.05, 0) is 57.5 Å². The molecule has 1 aromatic carbocycles. The first-order valence-electron chi connectivity index (χ1n) is 10.7. The molecule has 1 fully saturated rings. The van der Waals surface area contributed by atoms with Crippen LogP contribution in [0.1, 0.15) is 46.4 Å². The highest BCUT2D eigenvalue weighted by Crippen LogP contribution is 2.37. The Kier molecular flexibility index (Phi) is 7.06. The van der Waals surface area contributed by atoms with Gasteiger partial charge in [0.05, 0.1) is 28.4 Å². The van der Waals surface area contributed by atoms with Crippen LogP contribution in [-0.4, -0.2) is 61.5 Å². The molecule has 9 nitrogen and oxygen atoms in total. The lowest BCUT2D eigenvalue weighted by atomic mass is 10.2. The number of hydrogen-bond acceptors (Lipinski definition) is 9. The van der Waals surface area contributed by atoms with Crippen molar-refractivity contribution in [3.63, 3.8) is 0 Å². The van der Waals surface area contributed by atoms with Crippen molar-refractivity contribution in [2.24, 2.45) is 0 Å². The van der Waals surface area contributed by atoms with Gasteiger partial charge in [-0.3, -0.25) is 10.1 Å². The number of nitrogens with zero attached hydrogens (tertiary/aromatic N) is 2. The molecule has 2 atom stereocenters. The fraction of sp³-hybridized carbons (Fsp3) is 0.409. The monoisotopic (exact) mass is 523 g/mol. The summed E-state index contributed by atoms with van der Waals surface area (Å²) in [7, 11) is -3.68. The quantitative estimate of drug-likeness (QED) is 0.488. The summed E-state index contributed by atoms with van der Waals surface area (Å²) in [5.74, 6) is -0.779. The van der Waals surface area contributed by atoms with Crippen LogP contribution in [-0.2, 0) is 19.5 Å². The molecule has 12 heteroatoms. The third kappa shape index (κ3) is 4.86. The Morgan fingerprint density at radius 2 is 1.82 bits per heavy atom. The molecular formula is C22H25N3O6S3. The molecule has 0 bridgehead atoms. The molecule has 1 N–H and O–H groups in total. The number of thiazole rings is 1. The first-order valence-corrected chi connectivity index (χ1v) is 13.8. The van der Waals surface area contributed by atoms with Crippen molar-refractivity contribution in [3.05, 3.63) is 40.3 Å². The minimum atomic E-state index is -3.68. The van der Waals surface area contributed by atoms with Gasteiger partial charge < -0.3 is 9.47 Å². The maximum absolute atomic E-state index is 13.0. The summed E-state index contributed by atoms with van der Waals surface area (Å²) >= 11 is 2.50. The van der Waals surface area contributed by atoms with Gasteiger partial charge >= 0.3 is 5.97 Å². The van der Waals surface area contributed by atoms with Crippen molar-refractivity contribution < 1.29 is 27.5 Å². The van der Waals surface area contributed by atoms with Crippen LogP contribution in [0.5, 0.6) is 0 Å². The van der Waals surface area contributed by atoms with Crippen LogP contribution in [0.15, 0.2) is 29.2 Å². The smallest absolute Gasteiger partial charge is 0.348 e. The van der Waals surface area contributed by atoms with Crippen molar-refractivity contribution >= 4 is 59.2 Å². The summed E-state index contributed by atoms with van der Waals surface area (Å²) in [6.45, 7) is 8.12. The number of morpholine rings is 1. The van der Waals surface area contributed by atoms with Crippen LogP contribution < -0.4 is 5.32 Å². The van der Waals surface area contributed by atoms with Crippen LogP contribution in [0.4, 0.5) is 5.13 Å². The number of carbonyl (C=O) groups excluding carboxylic acids is 2. The van der Waals surface area contributed by atoms with Gasteiger partial charge in [-0.1, -0.05) is 11.3 Å². The molecule has 1 saturated heterocycles. The number of amides is 1. The lowest BCUT2D eigenvalue weighted by Gasteiger charge is -2.34. The summed E-state index contributed by atoms with van der Waals surface area (Å²) in [6.07, 6.45) is -0.373. The van der Waals surface area contributed by atoms with Crippen LogP contribution in [0.25, 0.3) is 9.53 Å². The van der Waals surface area contributed by atoms with Crippen LogP contribution >= 0.6 is 22.7 Å². The van der Waals surface area contributed by atoms with Gasteiger partial charge in [-0.15, -0.1) is 11.3 Å². The van der Waals surface area contributed by atoms with Gasteiger partial charge in [0.25, 0.3) is 5.91 Å². The van der Waals surface area contributed by atoms with E-state index in [1.807, 2.05) is 20.8 Å². The topological polar surface area (TPSA) is 115 Å². The Morgan fingerprint density at radius 3 is 2.41 bits per heavy atom. The number of benzene rings is 1. The maximum atomic E-state index is 13.0. The average molecular weight is 524 g/mol. The predicted octanol–water partition coefficient (Wildman–Crippen LogP) is 3.89. The molecule has 0 saturated carbocycles. The van der Waals surface area contributed by atoms with Crippen molar-refractivity contribution in [3.8, 4) is 0 Å². The lowest BCUT2D eigenvalue weighted by molar-refractivity contribution is -0.0440. The molecular weight excluding hydrogens is 498 g/mol. The molecule has 1 aliphatic heterocycles. The predicted molar refractivity (Wildman–Crippen MR) is 131 cm³/mol. The zero-order chi connectivity index (χ0) is 24.6. The second kappa shape index (κ2) is 9.70. The number of esters is 1. The molecule has 34 heavy (non-hydrogen) atoms. The van der Waals surface area contributed by atoms with Crippen molar-refractivity contribution in [2.45, 2.75) is 44.8 Å². The highest BCUT2D eigenvalue weighted by atomic mass is 32.2. The minimum absolute atomic E-state index is 0.127. The fourth-order valence-corrected chi connectivity index (χ4v) is 7.56. The highest BCUT2D eigenvalue weighted by Gasteiger charge is 2.32. The number of ether oxygens (including phenoxy) is 2. The maximum Gasteiger partial charge on any atom is 0.348 e. The summed E-state index contributed by atoms with van der Waals surface area (Å²) < 4.78 is 38.9. The third-order valence-corrected chi connectivity index (χ3v) is 9.53. The minimum Gasteiger partial charge on any atom is -0.462 e. The number of carbonyl (C=O) groups is 2. The Balaban J connectivity index is 1.48. The number of hydrogen-bond donors (Lipinski definition) is 1. The van der Waals surface area contributed by atoms with E-state index < -0.39 is 15.9 Å². The molecule has 182 valence electrons. The van der Waals surface area contributed by atoms with E-state index in [4.69, 9.17) is 9.47 Å². The average Bonchev–Trinajstić information content (AvgIpc) is 3.31. The van der Waals surface area contributed by atoms with E-state index >= 15 is 0 Å². The molecule has 0 aliphatic carbocycles. The van der Waals surface area contributed by atoms with Gasteiger partial charge in [0, 0.05) is 18.7 Å². The molecule has 0 unspecified atom stereocenters. The molecule has 4 rings (SSSR count). The fourth-order valence-electron chi connectivity index (χ4n) is 3.76. The second-order valence-electron chi connectivity index (χ2n) is 7.99. The van der Waals surface area contributed by atoms with Gasteiger partial charge in [-0.25, -0.2) is 18.2 Å². The van der Waals surface area contributed by atoms with Gasteiger partial charge in [0.2, 0.25) is 10.0 Å². The van der Waals surface area contributed by atoms with Crippen molar-refractivity contribution in [2.75, 3.05) is 25.0 Å². The van der Waals surface area contributed by atoms with E-state index in [9.17, 15) is 18.0 Å². The van der Waals surface area contributed by atoms with E-state index in [1.165, 1.54) is 51.2 Å². The summed E-state index contributed by atoms with van der Waals surface area (Å²) in [5.41, 5.74) is 1.09. The first kappa shape index (κ1) is 24.7. The molecule has 1 aliphatic rings. The van der Waals surface area contributed by atoms with E-state index in [1.54, 1.807) is 6.92 Å². The molecule has 0 radical (unpaired) electrons. The Hall–Kier alpha value is -2.38. The second-order valence-corrected chi connectivity index (χ2v) is 11.9. The van der Waals surface area contributed by atoms with Crippen molar-refractivity contribution in [1.29, 1.82) is 0 Å². The molecule has 2 aromatic heterocycles. The lowest BCUT2D eigenvalue weighted by Crippen LogP contribution is -2.48. The largest absolute Gasteiger partial charge is 0.462 e. The highest BCUT2D eigenvalue weighted by molar-refractivity contribution is 7.89. The zero-order valence-electron chi connectivity index (χ0n) is 19.2. The molecule has 1 amide bonds. The number of sulfonamides is 1. The number of aromatic nitrogens is 1. The van der Waals surface area contributed by atoms with Crippen LogP contribution in [0, 0.1) is 6.92 Å². The number of nitrogens with one attached hydrogen (secondary N) is 1. The van der Waals surface area contributed by atoms with E-state index in [0.29, 0.717) is 27.0 Å². The van der Waals surface area contributed by atoms with Crippen LogP contribution in [0.3, 0.4) is 0 Å². The summed E-state index contributed by atoms with van der Waals surface area (Å²) in [5, 5.41) is 3.15. The third-order valence-electron chi connectivity index (χ3n) is 5.30.